The molecule has 1 saturated heterocycles. The van der Waals surface area contributed by atoms with Crippen LogP contribution in [0.2, 0.25) is 0 Å². The Morgan fingerprint density at radius 2 is 2.08 bits per heavy atom. The number of amides is 1. The Kier molecular flexibility index (Phi) is 4.03. The van der Waals surface area contributed by atoms with Crippen LogP contribution in [0.1, 0.15) is 41.0 Å². The van der Waals surface area contributed by atoms with E-state index in [0.29, 0.717) is 24.5 Å². The van der Waals surface area contributed by atoms with Crippen LogP contribution in [0.4, 0.5) is 8.78 Å². The summed E-state index contributed by atoms with van der Waals surface area (Å²) in [4.78, 5) is 14.8. The zero-order valence-electron chi connectivity index (χ0n) is 13.8. The zero-order valence-corrected chi connectivity index (χ0v) is 13.8. The third-order valence-electron chi connectivity index (χ3n) is 5.19. The summed E-state index contributed by atoms with van der Waals surface area (Å²) in [7, 11) is 0. The summed E-state index contributed by atoms with van der Waals surface area (Å²) in [5.74, 6) is -1.92. The Labute approximate surface area is 144 Å². The van der Waals surface area contributed by atoms with Crippen molar-refractivity contribution in [3.05, 3.63) is 46.8 Å². The number of hydrogen-bond donors (Lipinski definition) is 1. The summed E-state index contributed by atoms with van der Waals surface area (Å²) in [6.45, 7) is 1.13. The van der Waals surface area contributed by atoms with Crippen molar-refractivity contribution in [1.29, 1.82) is 0 Å². The highest BCUT2D eigenvalue weighted by molar-refractivity contribution is 5.94. The summed E-state index contributed by atoms with van der Waals surface area (Å²) in [6.07, 6.45) is 4.33. The average molecular weight is 346 g/mol. The molecule has 25 heavy (non-hydrogen) atoms. The molecule has 4 rings (SSSR count). The van der Waals surface area contributed by atoms with Gasteiger partial charge in [-0.3, -0.25) is 4.79 Å². The molecule has 1 fully saturated rings. The first-order valence-electron chi connectivity index (χ1n) is 8.67. The van der Waals surface area contributed by atoms with Gasteiger partial charge in [0.05, 0.1) is 5.69 Å². The second kappa shape index (κ2) is 6.22. The molecule has 132 valence electrons. The van der Waals surface area contributed by atoms with Gasteiger partial charge >= 0.3 is 0 Å². The van der Waals surface area contributed by atoms with Crippen molar-refractivity contribution in [2.75, 3.05) is 13.1 Å². The van der Waals surface area contributed by atoms with E-state index in [9.17, 15) is 13.6 Å². The molecule has 0 saturated carbocycles. The van der Waals surface area contributed by atoms with Crippen LogP contribution in [0.15, 0.2) is 18.2 Å². The Morgan fingerprint density at radius 3 is 2.84 bits per heavy atom. The molecule has 5 nitrogen and oxygen atoms in total. The van der Waals surface area contributed by atoms with Crippen LogP contribution in [0, 0.1) is 11.6 Å². The number of hydrogen-bond acceptors (Lipinski definition) is 3. The highest BCUT2D eigenvalue weighted by atomic mass is 19.2. The summed E-state index contributed by atoms with van der Waals surface area (Å²) in [5, 5.41) is 4.48. The van der Waals surface area contributed by atoms with E-state index in [-0.39, 0.29) is 11.9 Å². The maximum absolute atomic E-state index is 13.6. The van der Waals surface area contributed by atoms with Crippen molar-refractivity contribution in [3.63, 3.8) is 0 Å². The van der Waals surface area contributed by atoms with Crippen LogP contribution in [0.5, 0.6) is 0 Å². The fraction of sp³-hybridized carbons (Fsp3) is 0.444. The molecule has 1 aliphatic heterocycles. The SMILES string of the molecule is NCC1CCCN1C(=O)c1nn(-c2ccc(F)c(F)c2)c2c1CCC2. The van der Waals surface area contributed by atoms with E-state index in [1.165, 1.54) is 6.07 Å². The van der Waals surface area contributed by atoms with E-state index in [4.69, 9.17) is 5.73 Å². The molecule has 2 N–H and O–H groups in total. The topological polar surface area (TPSA) is 64.2 Å². The van der Waals surface area contributed by atoms with E-state index in [0.717, 1.165) is 55.5 Å². The second-order valence-corrected chi connectivity index (χ2v) is 6.67. The number of likely N-dealkylation sites (tertiary alicyclic amines) is 1. The van der Waals surface area contributed by atoms with Gasteiger partial charge < -0.3 is 10.6 Å². The second-order valence-electron chi connectivity index (χ2n) is 6.67. The number of nitrogens with two attached hydrogens (primary N) is 1. The van der Waals surface area contributed by atoms with Gasteiger partial charge in [0, 0.05) is 36.5 Å². The predicted molar refractivity (Wildman–Crippen MR) is 88.6 cm³/mol. The molecule has 7 heteroatoms. The molecule has 1 unspecified atom stereocenters. The molecule has 2 aliphatic rings. The van der Waals surface area contributed by atoms with Gasteiger partial charge in [-0.2, -0.15) is 5.10 Å². The van der Waals surface area contributed by atoms with E-state index in [1.54, 1.807) is 9.58 Å². The predicted octanol–water partition coefficient (Wildman–Crippen LogP) is 2.20. The lowest BCUT2D eigenvalue weighted by Gasteiger charge is -2.22. The van der Waals surface area contributed by atoms with E-state index in [1.807, 2.05) is 0 Å². The molecule has 1 aliphatic carbocycles. The number of nitrogens with zero attached hydrogens (tertiary/aromatic N) is 3. The van der Waals surface area contributed by atoms with Crippen molar-refractivity contribution in [2.45, 2.75) is 38.1 Å². The van der Waals surface area contributed by atoms with Crippen LogP contribution in [-0.4, -0.2) is 39.7 Å². The van der Waals surface area contributed by atoms with E-state index in [2.05, 4.69) is 5.10 Å². The molecule has 2 aromatic rings. The lowest BCUT2D eigenvalue weighted by atomic mass is 10.1. The van der Waals surface area contributed by atoms with Crippen LogP contribution >= 0.6 is 0 Å². The Bertz CT molecular complexity index is 833. The lowest BCUT2D eigenvalue weighted by Crippen LogP contribution is -2.40. The molecule has 2 heterocycles. The first-order chi connectivity index (χ1) is 12.1. The van der Waals surface area contributed by atoms with Gasteiger partial charge in [0.25, 0.3) is 5.91 Å². The normalized spacial score (nSPS) is 19.5. The third-order valence-corrected chi connectivity index (χ3v) is 5.19. The van der Waals surface area contributed by atoms with Gasteiger partial charge in [0.2, 0.25) is 0 Å². The number of fused-ring (bicyclic) bond motifs is 1. The number of rotatable bonds is 3. The maximum atomic E-state index is 13.6. The standard InChI is InChI=1S/C18H20F2N4O/c19-14-7-6-11(9-15(14)20)24-16-5-1-4-13(16)17(22-24)18(25)23-8-2-3-12(23)10-21/h6-7,9,12H,1-5,8,10,21H2. The van der Waals surface area contributed by atoms with Crippen molar-refractivity contribution in [1.82, 2.24) is 14.7 Å². The molecule has 0 spiro atoms. The van der Waals surface area contributed by atoms with Crippen molar-refractivity contribution in [2.24, 2.45) is 5.73 Å². The molecule has 1 atom stereocenters. The molecule has 1 aromatic heterocycles. The Balaban J connectivity index is 1.75. The number of carbonyl (C=O) groups excluding carboxylic acids is 1. The third kappa shape index (κ3) is 2.63. The van der Waals surface area contributed by atoms with Gasteiger partial charge in [-0.15, -0.1) is 0 Å². The maximum Gasteiger partial charge on any atom is 0.274 e. The summed E-state index contributed by atoms with van der Waals surface area (Å²) in [6, 6.07) is 3.74. The van der Waals surface area contributed by atoms with Gasteiger partial charge in [-0.05, 0) is 44.2 Å². The minimum absolute atomic E-state index is 0.0537. The average Bonchev–Trinajstić information content (AvgIpc) is 3.32. The number of halogens is 2. The summed E-state index contributed by atoms with van der Waals surface area (Å²) in [5.41, 5.74) is 8.49. The van der Waals surface area contributed by atoms with Crippen LogP contribution < -0.4 is 5.73 Å². The fourth-order valence-corrected chi connectivity index (χ4v) is 3.92. The highest BCUT2D eigenvalue weighted by Crippen LogP contribution is 2.30. The monoisotopic (exact) mass is 346 g/mol. The molecule has 0 radical (unpaired) electrons. The van der Waals surface area contributed by atoms with Gasteiger partial charge in [-0.25, -0.2) is 13.5 Å². The Hall–Kier alpha value is -2.28. The zero-order chi connectivity index (χ0) is 17.6. The smallest absolute Gasteiger partial charge is 0.274 e. The first-order valence-corrected chi connectivity index (χ1v) is 8.67. The molecule has 1 amide bonds. The Morgan fingerprint density at radius 1 is 1.24 bits per heavy atom. The molecular formula is C18H20F2N4O. The largest absolute Gasteiger partial charge is 0.333 e. The van der Waals surface area contributed by atoms with Crippen LogP contribution in [0.3, 0.4) is 0 Å². The molecule has 0 bridgehead atoms. The molecule has 1 aromatic carbocycles. The number of aromatic nitrogens is 2. The fourth-order valence-electron chi connectivity index (χ4n) is 3.92. The first kappa shape index (κ1) is 16.2. The minimum Gasteiger partial charge on any atom is -0.333 e. The van der Waals surface area contributed by atoms with Crippen molar-refractivity contribution in [3.8, 4) is 5.69 Å². The van der Waals surface area contributed by atoms with Gasteiger partial charge in [0.1, 0.15) is 0 Å². The highest BCUT2D eigenvalue weighted by Gasteiger charge is 2.34. The van der Waals surface area contributed by atoms with E-state index < -0.39 is 11.6 Å². The quantitative estimate of drug-likeness (QED) is 0.927. The summed E-state index contributed by atoms with van der Waals surface area (Å²) < 4.78 is 28.4. The van der Waals surface area contributed by atoms with Crippen molar-refractivity contribution >= 4 is 5.91 Å². The lowest BCUT2D eigenvalue weighted by molar-refractivity contribution is 0.0733. The van der Waals surface area contributed by atoms with Crippen molar-refractivity contribution < 1.29 is 13.6 Å². The molecular weight excluding hydrogens is 326 g/mol. The van der Waals surface area contributed by atoms with Gasteiger partial charge in [-0.1, -0.05) is 0 Å². The van der Waals surface area contributed by atoms with Crippen LogP contribution in [-0.2, 0) is 12.8 Å². The number of carbonyl (C=O) groups is 1. The van der Waals surface area contributed by atoms with Gasteiger partial charge in [0.15, 0.2) is 17.3 Å². The van der Waals surface area contributed by atoms with Crippen LogP contribution in [0.25, 0.3) is 5.69 Å². The minimum atomic E-state index is -0.921. The van der Waals surface area contributed by atoms with E-state index >= 15 is 0 Å². The number of benzene rings is 1. The summed E-state index contributed by atoms with van der Waals surface area (Å²) >= 11 is 0.